The molecule has 0 spiro atoms. The second-order valence-electron chi connectivity index (χ2n) is 4.00. The van der Waals surface area contributed by atoms with E-state index in [4.69, 9.17) is 0 Å². The summed E-state index contributed by atoms with van der Waals surface area (Å²) >= 11 is 0. The zero-order valence-corrected chi connectivity index (χ0v) is 10.6. The zero-order chi connectivity index (χ0) is 12.5. The molecule has 0 unspecified atom stereocenters. The fourth-order valence-corrected chi connectivity index (χ4v) is 1.53. The third-order valence-corrected chi connectivity index (χ3v) is 2.60. The van der Waals surface area contributed by atoms with Gasteiger partial charge in [0, 0.05) is 19.8 Å². The van der Waals surface area contributed by atoms with Crippen LogP contribution in [-0.4, -0.2) is 24.5 Å². The number of hydrogen-bond acceptors (Lipinski definition) is 3. The van der Waals surface area contributed by atoms with Gasteiger partial charge in [0.2, 0.25) is 0 Å². The molecule has 1 amide bonds. The van der Waals surface area contributed by atoms with Crippen LogP contribution in [0, 0.1) is 0 Å². The molecule has 1 heterocycles. The number of amides is 1. The van der Waals surface area contributed by atoms with Gasteiger partial charge >= 0.3 is 0 Å². The van der Waals surface area contributed by atoms with E-state index in [-0.39, 0.29) is 5.91 Å². The number of anilines is 1. The first-order valence-corrected chi connectivity index (χ1v) is 6.20. The SMILES string of the molecule is CCCCCCNC(=O)c1ccc(NC)nc1. The van der Waals surface area contributed by atoms with Crippen LogP contribution in [0.5, 0.6) is 0 Å². The quantitative estimate of drug-likeness (QED) is 0.714. The van der Waals surface area contributed by atoms with Gasteiger partial charge in [-0.25, -0.2) is 4.98 Å². The molecule has 1 aromatic heterocycles. The molecule has 0 saturated heterocycles. The Bertz CT molecular complexity index is 335. The van der Waals surface area contributed by atoms with E-state index < -0.39 is 0 Å². The normalized spacial score (nSPS) is 10.0. The number of carbonyl (C=O) groups is 1. The number of nitrogens with one attached hydrogen (secondary N) is 2. The molecular formula is C13H21N3O. The van der Waals surface area contributed by atoms with Crippen molar-refractivity contribution in [1.29, 1.82) is 0 Å². The van der Waals surface area contributed by atoms with E-state index in [0.29, 0.717) is 5.56 Å². The van der Waals surface area contributed by atoms with Crippen LogP contribution in [0.25, 0.3) is 0 Å². The van der Waals surface area contributed by atoms with Gasteiger partial charge in [0.1, 0.15) is 5.82 Å². The molecular weight excluding hydrogens is 214 g/mol. The summed E-state index contributed by atoms with van der Waals surface area (Å²) in [6.07, 6.45) is 6.25. The Labute approximate surface area is 103 Å². The van der Waals surface area contributed by atoms with Crippen molar-refractivity contribution in [1.82, 2.24) is 10.3 Å². The van der Waals surface area contributed by atoms with Gasteiger partial charge in [0.25, 0.3) is 5.91 Å². The van der Waals surface area contributed by atoms with Crippen LogP contribution in [0.3, 0.4) is 0 Å². The van der Waals surface area contributed by atoms with E-state index in [1.54, 1.807) is 25.4 Å². The summed E-state index contributed by atoms with van der Waals surface area (Å²) < 4.78 is 0. The van der Waals surface area contributed by atoms with Crippen LogP contribution in [0.1, 0.15) is 43.0 Å². The van der Waals surface area contributed by atoms with Crippen molar-refractivity contribution >= 4 is 11.7 Å². The van der Waals surface area contributed by atoms with Crippen LogP contribution in [-0.2, 0) is 0 Å². The molecule has 4 nitrogen and oxygen atoms in total. The predicted molar refractivity (Wildman–Crippen MR) is 70.3 cm³/mol. The average molecular weight is 235 g/mol. The van der Waals surface area contributed by atoms with Crippen molar-refractivity contribution in [3.63, 3.8) is 0 Å². The highest BCUT2D eigenvalue weighted by atomic mass is 16.1. The first kappa shape index (κ1) is 13.5. The third-order valence-electron chi connectivity index (χ3n) is 2.60. The van der Waals surface area contributed by atoms with Crippen LogP contribution in [0.15, 0.2) is 18.3 Å². The van der Waals surface area contributed by atoms with Gasteiger partial charge in [0.05, 0.1) is 5.56 Å². The van der Waals surface area contributed by atoms with E-state index >= 15 is 0 Å². The Morgan fingerprint density at radius 3 is 2.71 bits per heavy atom. The van der Waals surface area contributed by atoms with Crippen molar-refractivity contribution < 1.29 is 4.79 Å². The number of hydrogen-bond donors (Lipinski definition) is 2. The smallest absolute Gasteiger partial charge is 0.252 e. The molecule has 0 aromatic carbocycles. The highest BCUT2D eigenvalue weighted by Crippen LogP contribution is 2.04. The predicted octanol–water partition coefficient (Wildman–Crippen LogP) is 2.43. The Hall–Kier alpha value is -1.58. The second kappa shape index (κ2) is 7.65. The highest BCUT2D eigenvalue weighted by molar-refractivity contribution is 5.93. The van der Waals surface area contributed by atoms with Crippen LogP contribution < -0.4 is 10.6 Å². The molecule has 0 atom stereocenters. The van der Waals surface area contributed by atoms with E-state index in [9.17, 15) is 4.79 Å². The Kier molecular flexibility index (Phi) is 6.07. The summed E-state index contributed by atoms with van der Waals surface area (Å²) in [7, 11) is 1.80. The maximum Gasteiger partial charge on any atom is 0.252 e. The molecule has 0 fully saturated rings. The Balaban J connectivity index is 2.31. The second-order valence-corrected chi connectivity index (χ2v) is 4.00. The number of carbonyl (C=O) groups excluding carboxylic acids is 1. The molecule has 17 heavy (non-hydrogen) atoms. The topological polar surface area (TPSA) is 54.0 Å². The molecule has 0 aliphatic carbocycles. The minimum Gasteiger partial charge on any atom is -0.373 e. The Morgan fingerprint density at radius 1 is 1.29 bits per heavy atom. The van der Waals surface area contributed by atoms with E-state index in [0.717, 1.165) is 18.8 Å². The van der Waals surface area contributed by atoms with Gasteiger partial charge in [-0.15, -0.1) is 0 Å². The first-order valence-electron chi connectivity index (χ1n) is 6.20. The van der Waals surface area contributed by atoms with Crippen molar-refractivity contribution in [2.24, 2.45) is 0 Å². The van der Waals surface area contributed by atoms with Crippen molar-refractivity contribution in [3.8, 4) is 0 Å². The minimum atomic E-state index is -0.0448. The van der Waals surface area contributed by atoms with Crippen molar-refractivity contribution in [2.45, 2.75) is 32.6 Å². The minimum absolute atomic E-state index is 0.0448. The molecule has 0 aliphatic heterocycles. The summed E-state index contributed by atoms with van der Waals surface area (Å²) in [5.74, 6) is 0.723. The van der Waals surface area contributed by atoms with Crippen LogP contribution in [0.4, 0.5) is 5.82 Å². The van der Waals surface area contributed by atoms with E-state index in [2.05, 4.69) is 22.5 Å². The third kappa shape index (κ3) is 4.85. The molecule has 0 bridgehead atoms. The van der Waals surface area contributed by atoms with Gasteiger partial charge in [0.15, 0.2) is 0 Å². The van der Waals surface area contributed by atoms with Gasteiger partial charge in [-0.05, 0) is 18.6 Å². The molecule has 0 aliphatic rings. The number of nitrogens with zero attached hydrogens (tertiary/aromatic N) is 1. The van der Waals surface area contributed by atoms with Crippen LogP contribution >= 0.6 is 0 Å². The van der Waals surface area contributed by atoms with E-state index in [1.807, 2.05) is 0 Å². The standard InChI is InChI=1S/C13H21N3O/c1-3-4-5-6-9-15-13(17)11-7-8-12(14-2)16-10-11/h7-8,10H,3-6,9H2,1-2H3,(H,14,16)(H,15,17). The fraction of sp³-hybridized carbons (Fsp3) is 0.538. The summed E-state index contributed by atoms with van der Waals surface area (Å²) in [5.41, 5.74) is 0.611. The lowest BCUT2D eigenvalue weighted by atomic mass is 10.2. The fourth-order valence-electron chi connectivity index (χ4n) is 1.53. The molecule has 2 N–H and O–H groups in total. The molecule has 0 saturated carbocycles. The van der Waals surface area contributed by atoms with Crippen LogP contribution in [0.2, 0.25) is 0 Å². The number of unbranched alkanes of at least 4 members (excludes halogenated alkanes) is 3. The number of pyridine rings is 1. The molecule has 4 heteroatoms. The van der Waals surface area contributed by atoms with Gasteiger partial charge < -0.3 is 10.6 Å². The van der Waals surface area contributed by atoms with Gasteiger partial charge in [-0.1, -0.05) is 26.2 Å². The number of rotatable bonds is 7. The average Bonchev–Trinajstić information content (AvgIpc) is 2.38. The van der Waals surface area contributed by atoms with Crippen molar-refractivity contribution in [2.75, 3.05) is 18.9 Å². The highest BCUT2D eigenvalue weighted by Gasteiger charge is 2.04. The maximum atomic E-state index is 11.7. The summed E-state index contributed by atoms with van der Waals surface area (Å²) in [5, 5.41) is 5.81. The zero-order valence-electron chi connectivity index (χ0n) is 10.6. The first-order chi connectivity index (χ1) is 8.27. The monoisotopic (exact) mass is 235 g/mol. The lowest BCUT2D eigenvalue weighted by Crippen LogP contribution is -2.24. The summed E-state index contributed by atoms with van der Waals surface area (Å²) in [6, 6.07) is 3.58. The maximum absolute atomic E-state index is 11.7. The molecule has 1 aromatic rings. The summed E-state index contributed by atoms with van der Waals surface area (Å²) in [4.78, 5) is 15.8. The lowest BCUT2D eigenvalue weighted by Gasteiger charge is -2.05. The molecule has 94 valence electrons. The Morgan fingerprint density at radius 2 is 2.12 bits per heavy atom. The lowest BCUT2D eigenvalue weighted by molar-refractivity contribution is 0.0952. The number of aromatic nitrogens is 1. The summed E-state index contributed by atoms with van der Waals surface area (Å²) in [6.45, 7) is 2.92. The molecule has 1 rings (SSSR count). The van der Waals surface area contributed by atoms with Gasteiger partial charge in [-0.2, -0.15) is 0 Å². The van der Waals surface area contributed by atoms with Crippen molar-refractivity contribution in [3.05, 3.63) is 23.9 Å². The van der Waals surface area contributed by atoms with Gasteiger partial charge in [-0.3, -0.25) is 4.79 Å². The largest absolute Gasteiger partial charge is 0.373 e. The molecule has 0 radical (unpaired) electrons. The van der Waals surface area contributed by atoms with E-state index in [1.165, 1.54) is 19.3 Å².